The van der Waals surface area contributed by atoms with Crippen molar-refractivity contribution in [2.45, 2.75) is 25.8 Å². The molecule has 1 heterocycles. The maximum absolute atomic E-state index is 13.7. The summed E-state index contributed by atoms with van der Waals surface area (Å²) in [5.41, 5.74) is 1.54. The lowest BCUT2D eigenvalue weighted by Crippen LogP contribution is -2.37. The molecule has 26 heavy (non-hydrogen) atoms. The van der Waals surface area contributed by atoms with Gasteiger partial charge in [0.25, 0.3) is 0 Å². The largest absolute Gasteiger partial charge is 0.321 e. The highest BCUT2D eigenvalue weighted by Crippen LogP contribution is 2.44. The van der Waals surface area contributed by atoms with Crippen molar-refractivity contribution in [3.63, 3.8) is 0 Å². The van der Waals surface area contributed by atoms with E-state index in [-0.39, 0.29) is 11.9 Å². The molecule has 2 amide bonds. The van der Waals surface area contributed by atoms with Crippen LogP contribution in [0.2, 0.25) is 0 Å². The molecule has 0 spiro atoms. The molecule has 2 aromatic carbocycles. The van der Waals surface area contributed by atoms with Crippen molar-refractivity contribution in [2.24, 2.45) is 11.8 Å². The quantitative estimate of drug-likeness (QED) is 0.915. The van der Waals surface area contributed by atoms with Crippen LogP contribution in [0.5, 0.6) is 0 Å². The molecule has 1 saturated carbocycles. The van der Waals surface area contributed by atoms with Gasteiger partial charge in [-0.25, -0.2) is 8.78 Å². The Morgan fingerprint density at radius 3 is 2.46 bits per heavy atom. The molecule has 134 valence electrons. The first-order valence-corrected chi connectivity index (χ1v) is 8.63. The number of para-hydroxylation sites is 2. The Kier molecular flexibility index (Phi) is 3.98. The fourth-order valence-corrected chi connectivity index (χ4v) is 3.67. The predicted octanol–water partition coefficient (Wildman–Crippen LogP) is 3.52. The first-order chi connectivity index (χ1) is 12.5. The molecule has 1 aliphatic heterocycles. The summed E-state index contributed by atoms with van der Waals surface area (Å²) in [6, 6.07) is 11.2. The summed E-state index contributed by atoms with van der Waals surface area (Å²) >= 11 is 0. The van der Waals surface area contributed by atoms with Gasteiger partial charge in [-0.05, 0) is 43.5 Å². The van der Waals surface area contributed by atoms with Gasteiger partial charge in [-0.2, -0.15) is 0 Å². The van der Waals surface area contributed by atoms with Crippen molar-refractivity contribution < 1.29 is 18.4 Å². The summed E-state index contributed by atoms with van der Waals surface area (Å²) < 4.78 is 27.4. The molecule has 4 nitrogen and oxygen atoms in total. The smallest absolute Gasteiger partial charge is 0.231 e. The number of anilines is 2. The van der Waals surface area contributed by atoms with Crippen LogP contribution in [-0.2, 0) is 16.0 Å². The van der Waals surface area contributed by atoms with Crippen molar-refractivity contribution in [1.82, 2.24) is 0 Å². The Morgan fingerprint density at radius 1 is 1.04 bits per heavy atom. The predicted molar refractivity (Wildman–Crippen MR) is 93.7 cm³/mol. The van der Waals surface area contributed by atoms with E-state index in [0.29, 0.717) is 6.42 Å². The molecule has 6 heteroatoms. The number of benzene rings is 2. The number of rotatable bonds is 3. The molecular weight excluding hydrogens is 338 g/mol. The number of hydrogen-bond acceptors (Lipinski definition) is 2. The maximum Gasteiger partial charge on any atom is 0.231 e. The van der Waals surface area contributed by atoms with Crippen molar-refractivity contribution >= 4 is 23.2 Å². The molecule has 3 atom stereocenters. The summed E-state index contributed by atoms with van der Waals surface area (Å²) in [4.78, 5) is 26.9. The van der Waals surface area contributed by atoms with E-state index in [4.69, 9.17) is 0 Å². The molecule has 3 unspecified atom stereocenters. The molecule has 1 fully saturated rings. The zero-order valence-electron chi connectivity index (χ0n) is 14.2. The summed E-state index contributed by atoms with van der Waals surface area (Å²) in [6.45, 7) is 1.98. The lowest BCUT2D eigenvalue weighted by Gasteiger charge is -2.23. The number of hydrogen-bond donors (Lipinski definition) is 1. The van der Waals surface area contributed by atoms with Gasteiger partial charge in [0.2, 0.25) is 11.8 Å². The van der Waals surface area contributed by atoms with Gasteiger partial charge < -0.3 is 10.2 Å². The topological polar surface area (TPSA) is 49.4 Å². The highest BCUT2D eigenvalue weighted by atomic mass is 19.1. The Morgan fingerprint density at radius 2 is 1.73 bits per heavy atom. The van der Waals surface area contributed by atoms with Crippen molar-refractivity contribution in [2.75, 3.05) is 10.2 Å². The van der Waals surface area contributed by atoms with E-state index in [9.17, 15) is 18.4 Å². The van der Waals surface area contributed by atoms with Gasteiger partial charge in [-0.15, -0.1) is 0 Å². The lowest BCUT2D eigenvalue weighted by molar-refractivity contribution is -0.123. The number of amides is 2. The Balaban J connectivity index is 1.47. The van der Waals surface area contributed by atoms with Gasteiger partial charge in [0.15, 0.2) is 0 Å². The fourth-order valence-electron chi connectivity index (χ4n) is 3.67. The minimum absolute atomic E-state index is 0.0354. The van der Waals surface area contributed by atoms with Gasteiger partial charge >= 0.3 is 0 Å². The van der Waals surface area contributed by atoms with Crippen molar-refractivity contribution in [1.29, 1.82) is 0 Å². The Labute approximate surface area is 149 Å². The van der Waals surface area contributed by atoms with Gasteiger partial charge in [-0.1, -0.05) is 24.3 Å². The highest BCUT2D eigenvalue weighted by molar-refractivity contribution is 6.05. The zero-order chi connectivity index (χ0) is 18.4. The molecule has 2 aromatic rings. The van der Waals surface area contributed by atoms with Crippen LogP contribution in [0.3, 0.4) is 0 Å². The van der Waals surface area contributed by atoms with Crippen molar-refractivity contribution in [3.8, 4) is 0 Å². The Hall–Kier alpha value is -2.76. The van der Waals surface area contributed by atoms with Crippen LogP contribution >= 0.6 is 0 Å². The third-order valence-corrected chi connectivity index (χ3v) is 5.10. The van der Waals surface area contributed by atoms with Crippen LogP contribution in [0.15, 0.2) is 42.5 Å². The average Bonchev–Trinajstić information content (AvgIpc) is 3.34. The van der Waals surface area contributed by atoms with E-state index in [1.54, 1.807) is 4.90 Å². The third kappa shape index (κ3) is 2.75. The van der Waals surface area contributed by atoms with Crippen LogP contribution < -0.4 is 10.2 Å². The molecule has 2 aliphatic rings. The monoisotopic (exact) mass is 356 g/mol. The number of nitrogens with zero attached hydrogens (tertiary/aromatic N) is 1. The first kappa shape index (κ1) is 16.7. The van der Waals surface area contributed by atoms with Crippen LogP contribution in [0, 0.1) is 23.5 Å². The van der Waals surface area contributed by atoms with E-state index in [1.165, 1.54) is 6.07 Å². The minimum atomic E-state index is -0.830. The van der Waals surface area contributed by atoms with Gasteiger partial charge in [0.1, 0.15) is 17.3 Å². The molecule has 4 rings (SSSR count). The highest BCUT2D eigenvalue weighted by Gasteiger charge is 2.51. The van der Waals surface area contributed by atoms with E-state index in [1.807, 2.05) is 31.2 Å². The Bertz CT molecular complexity index is 879. The second-order valence-corrected chi connectivity index (χ2v) is 6.92. The number of nitrogens with one attached hydrogen (secondary N) is 1. The minimum Gasteiger partial charge on any atom is -0.321 e. The van der Waals surface area contributed by atoms with E-state index in [2.05, 4.69) is 5.32 Å². The van der Waals surface area contributed by atoms with Crippen LogP contribution in [0.1, 0.15) is 18.9 Å². The van der Waals surface area contributed by atoms with E-state index in [0.717, 1.165) is 29.8 Å². The molecular formula is C20H18F2N2O2. The maximum atomic E-state index is 13.7. The number of halogens is 2. The lowest BCUT2D eigenvalue weighted by atomic mass is 10.1. The summed E-state index contributed by atoms with van der Waals surface area (Å²) in [5, 5.41) is 2.29. The normalized spacial score (nSPS) is 23.5. The summed E-state index contributed by atoms with van der Waals surface area (Å²) in [5.74, 6) is -3.28. The van der Waals surface area contributed by atoms with Gasteiger partial charge in [-0.3, -0.25) is 9.59 Å². The van der Waals surface area contributed by atoms with Crippen molar-refractivity contribution in [3.05, 3.63) is 59.7 Å². The molecule has 0 aromatic heterocycles. The van der Waals surface area contributed by atoms with Gasteiger partial charge in [0.05, 0.1) is 11.8 Å². The number of fused-ring (bicyclic) bond motifs is 1. The number of carbonyl (C=O) groups excluding carboxylic acids is 2. The standard InChI is InChI=1S/C20H18F2N2O2/c1-11-9-12-5-2-3-8-17(12)24(11)20(26)14-10-13(14)19(25)23-18-15(21)6-4-7-16(18)22/h2-8,11,13-14H,9-10H2,1H3,(H,23,25). The average molecular weight is 356 g/mol. The SMILES string of the molecule is CC1Cc2ccccc2N1C(=O)C1CC1C(=O)Nc1c(F)cccc1F. The second kappa shape index (κ2) is 6.20. The molecule has 1 aliphatic carbocycles. The zero-order valence-corrected chi connectivity index (χ0v) is 14.2. The van der Waals surface area contributed by atoms with Crippen LogP contribution in [-0.4, -0.2) is 17.9 Å². The fraction of sp³-hybridized carbons (Fsp3) is 0.300. The molecule has 0 radical (unpaired) electrons. The first-order valence-electron chi connectivity index (χ1n) is 8.63. The van der Waals surface area contributed by atoms with E-state index >= 15 is 0 Å². The van der Waals surface area contributed by atoms with Crippen LogP contribution in [0.4, 0.5) is 20.2 Å². The van der Waals surface area contributed by atoms with E-state index < -0.39 is 35.1 Å². The molecule has 0 saturated heterocycles. The third-order valence-electron chi connectivity index (χ3n) is 5.10. The summed E-state index contributed by atoms with van der Waals surface area (Å²) in [6.07, 6.45) is 1.18. The molecule has 0 bridgehead atoms. The second-order valence-electron chi connectivity index (χ2n) is 6.92. The summed E-state index contributed by atoms with van der Waals surface area (Å²) in [7, 11) is 0. The number of carbonyl (C=O) groups is 2. The molecule has 1 N–H and O–H groups in total. The van der Waals surface area contributed by atoms with Gasteiger partial charge in [0, 0.05) is 11.7 Å². The van der Waals surface area contributed by atoms with Crippen LogP contribution in [0.25, 0.3) is 0 Å².